The number of aromatic nitrogens is 1. The minimum Gasteiger partial charge on any atom is -0.475 e. The molecular weight excluding hydrogens is 416 g/mol. The van der Waals surface area contributed by atoms with E-state index in [1.165, 1.54) is 0 Å². The van der Waals surface area contributed by atoms with Crippen LogP contribution in [0.3, 0.4) is 0 Å². The first-order valence-electron chi connectivity index (χ1n) is 10.5. The fraction of sp³-hybridized carbons (Fsp3) is 0.478. The number of methoxy groups -OCH3 is 1. The average Bonchev–Trinajstić information content (AvgIpc) is 3.26. The first kappa shape index (κ1) is 23.2. The van der Waals surface area contributed by atoms with E-state index in [1.54, 1.807) is 44.5 Å². The summed E-state index contributed by atoms with van der Waals surface area (Å²) in [5, 5.41) is 2.85. The molecule has 1 aromatic heterocycles. The van der Waals surface area contributed by atoms with Gasteiger partial charge in [0.05, 0.1) is 11.5 Å². The van der Waals surface area contributed by atoms with E-state index in [-0.39, 0.29) is 11.4 Å². The van der Waals surface area contributed by atoms with Gasteiger partial charge in [0.25, 0.3) is 0 Å². The Morgan fingerprint density at radius 3 is 2.61 bits per heavy atom. The van der Waals surface area contributed by atoms with Crippen molar-refractivity contribution in [3.8, 4) is 5.88 Å². The Kier molecular flexibility index (Phi) is 7.33. The summed E-state index contributed by atoms with van der Waals surface area (Å²) >= 11 is 0. The van der Waals surface area contributed by atoms with E-state index in [2.05, 4.69) is 10.3 Å². The summed E-state index contributed by atoms with van der Waals surface area (Å²) in [5.41, 5.74) is 2.20. The molecular formula is C23H30N2O5S. The zero-order valence-corrected chi connectivity index (χ0v) is 19.1. The van der Waals surface area contributed by atoms with Crippen molar-refractivity contribution < 1.29 is 22.7 Å². The molecule has 1 aromatic carbocycles. The van der Waals surface area contributed by atoms with Gasteiger partial charge in [-0.1, -0.05) is 31.0 Å². The molecule has 1 amide bonds. The molecule has 8 heteroatoms. The predicted octanol–water partition coefficient (Wildman–Crippen LogP) is 3.13. The number of aryl methyl sites for hydroxylation is 2. The van der Waals surface area contributed by atoms with Gasteiger partial charge < -0.3 is 14.8 Å². The SMILES string of the molecule is COCCOc1ncccc1CNC(=O)C1(S(=O)(=O)c2cc(C)ccc2C)CCCC1. The number of carbonyl (C=O) groups excluding carboxylic acids is 1. The maximum Gasteiger partial charge on any atom is 0.242 e. The van der Waals surface area contributed by atoms with Gasteiger partial charge in [-0.15, -0.1) is 0 Å². The molecule has 0 bridgehead atoms. The van der Waals surface area contributed by atoms with Crippen molar-refractivity contribution in [3.05, 3.63) is 53.2 Å². The predicted molar refractivity (Wildman–Crippen MR) is 118 cm³/mol. The highest BCUT2D eigenvalue weighted by atomic mass is 32.2. The van der Waals surface area contributed by atoms with E-state index in [4.69, 9.17) is 9.47 Å². The number of hydrogen-bond donors (Lipinski definition) is 1. The van der Waals surface area contributed by atoms with E-state index < -0.39 is 20.5 Å². The Morgan fingerprint density at radius 1 is 1.16 bits per heavy atom. The molecule has 1 saturated carbocycles. The highest BCUT2D eigenvalue weighted by Gasteiger charge is 2.53. The fourth-order valence-electron chi connectivity index (χ4n) is 4.02. The Hall–Kier alpha value is -2.45. The minimum absolute atomic E-state index is 0.138. The van der Waals surface area contributed by atoms with E-state index in [9.17, 15) is 13.2 Å². The van der Waals surface area contributed by atoms with Crippen LogP contribution >= 0.6 is 0 Å². The molecule has 0 aliphatic heterocycles. The highest BCUT2D eigenvalue weighted by Crippen LogP contribution is 2.42. The van der Waals surface area contributed by atoms with Gasteiger partial charge in [0.1, 0.15) is 6.61 Å². The molecule has 1 aliphatic carbocycles. The molecule has 0 radical (unpaired) electrons. The van der Waals surface area contributed by atoms with Gasteiger partial charge in [0.2, 0.25) is 11.8 Å². The summed E-state index contributed by atoms with van der Waals surface area (Å²) in [4.78, 5) is 17.8. The number of nitrogens with one attached hydrogen (secondary N) is 1. The third-order valence-corrected chi connectivity index (χ3v) is 8.43. The second kappa shape index (κ2) is 9.78. The van der Waals surface area contributed by atoms with Crippen LogP contribution in [-0.4, -0.2) is 44.4 Å². The smallest absolute Gasteiger partial charge is 0.242 e. The van der Waals surface area contributed by atoms with Crippen LogP contribution in [0.15, 0.2) is 41.4 Å². The van der Waals surface area contributed by atoms with E-state index >= 15 is 0 Å². The monoisotopic (exact) mass is 446 g/mol. The molecule has 1 aliphatic rings. The molecule has 1 fully saturated rings. The van der Waals surface area contributed by atoms with Gasteiger partial charge in [-0.3, -0.25) is 4.79 Å². The van der Waals surface area contributed by atoms with Crippen molar-refractivity contribution in [2.24, 2.45) is 0 Å². The van der Waals surface area contributed by atoms with E-state index in [0.29, 0.717) is 55.9 Å². The number of carbonyl (C=O) groups is 1. The van der Waals surface area contributed by atoms with Crippen molar-refractivity contribution >= 4 is 15.7 Å². The quantitative estimate of drug-likeness (QED) is 0.595. The number of ether oxygens (including phenoxy) is 2. The summed E-state index contributed by atoms with van der Waals surface area (Å²) in [6.45, 7) is 4.51. The van der Waals surface area contributed by atoms with Crippen molar-refractivity contribution in [3.63, 3.8) is 0 Å². The molecule has 2 aromatic rings. The Balaban J connectivity index is 1.84. The van der Waals surface area contributed by atoms with E-state index in [0.717, 1.165) is 5.56 Å². The average molecular weight is 447 g/mol. The Morgan fingerprint density at radius 2 is 1.90 bits per heavy atom. The van der Waals surface area contributed by atoms with Crippen LogP contribution in [0.25, 0.3) is 0 Å². The second-order valence-corrected chi connectivity index (χ2v) is 10.2. The van der Waals surface area contributed by atoms with Crippen LogP contribution in [0.1, 0.15) is 42.4 Å². The fourth-order valence-corrected chi connectivity index (χ4v) is 6.41. The normalized spacial score (nSPS) is 15.6. The topological polar surface area (TPSA) is 94.6 Å². The number of nitrogens with zero attached hydrogens (tertiary/aromatic N) is 1. The lowest BCUT2D eigenvalue weighted by molar-refractivity contribution is -0.123. The number of benzene rings is 1. The standard InChI is InChI=1S/C23H30N2O5S/c1-17-8-9-18(2)20(15-17)31(27,28)23(10-4-5-11-23)22(26)25-16-19-7-6-12-24-21(19)30-14-13-29-3/h6-9,12,15H,4-5,10-11,13-14,16H2,1-3H3,(H,25,26). The third-order valence-electron chi connectivity index (χ3n) is 5.79. The van der Waals surface area contributed by atoms with Gasteiger partial charge >= 0.3 is 0 Å². The van der Waals surface area contributed by atoms with Gasteiger partial charge in [-0.2, -0.15) is 0 Å². The lowest BCUT2D eigenvalue weighted by atomic mass is 10.1. The van der Waals surface area contributed by atoms with Crippen molar-refractivity contribution in [2.45, 2.75) is 55.7 Å². The summed E-state index contributed by atoms with van der Waals surface area (Å²) < 4.78 is 36.6. The van der Waals surface area contributed by atoms with Crippen LogP contribution in [-0.2, 0) is 25.9 Å². The molecule has 1 N–H and O–H groups in total. The maximum absolute atomic E-state index is 13.7. The Labute approximate surface area is 184 Å². The zero-order valence-electron chi connectivity index (χ0n) is 18.3. The second-order valence-electron chi connectivity index (χ2n) is 7.97. The molecule has 3 rings (SSSR count). The van der Waals surface area contributed by atoms with Crippen LogP contribution in [0.5, 0.6) is 5.88 Å². The van der Waals surface area contributed by atoms with Gasteiger partial charge in [0.15, 0.2) is 14.6 Å². The van der Waals surface area contributed by atoms with Gasteiger partial charge in [-0.25, -0.2) is 13.4 Å². The van der Waals surface area contributed by atoms with E-state index in [1.807, 2.05) is 13.0 Å². The largest absolute Gasteiger partial charge is 0.475 e. The lowest BCUT2D eigenvalue weighted by Crippen LogP contribution is -2.50. The first-order chi connectivity index (χ1) is 14.8. The summed E-state index contributed by atoms with van der Waals surface area (Å²) in [6.07, 6.45) is 3.65. The maximum atomic E-state index is 13.7. The number of pyridine rings is 1. The van der Waals surface area contributed by atoms with Crippen LogP contribution in [0, 0.1) is 13.8 Å². The number of hydrogen-bond acceptors (Lipinski definition) is 6. The molecule has 7 nitrogen and oxygen atoms in total. The highest BCUT2D eigenvalue weighted by molar-refractivity contribution is 7.93. The van der Waals surface area contributed by atoms with Crippen molar-refractivity contribution in [2.75, 3.05) is 20.3 Å². The lowest BCUT2D eigenvalue weighted by Gasteiger charge is -2.28. The summed E-state index contributed by atoms with van der Waals surface area (Å²) in [7, 11) is -2.28. The number of sulfone groups is 1. The zero-order chi connectivity index (χ0) is 22.5. The molecule has 0 spiro atoms. The van der Waals surface area contributed by atoms with Crippen LogP contribution in [0.4, 0.5) is 0 Å². The van der Waals surface area contributed by atoms with Crippen LogP contribution < -0.4 is 10.1 Å². The summed E-state index contributed by atoms with van der Waals surface area (Å²) in [5.74, 6) is -0.0599. The molecule has 31 heavy (non-hydrogen) atoms. The molecule has 0 atom stereocenters. The van der Waals surface area contributed by atoms with Gasteiger partial charge in [0, 0.05) is 25.4 Å². The molecule has 168 valence electrons. The van der Waals surface area contributed by atoms with Crippen LogP contribution in [0.2, 0.25) is 0 Å². The number of rotatable bonds is 9. The van der Waals surface area contributed by atoms with Crippen molar-refractivity contribution in [1.82, 2.24) is 10.3 Å². The number of amides is 1. The minimum atomic E-state index is -3.86. The summed E-state index contributed by atoms with van der Waals surface area (Å²) in [6, 6.07) is 8.89. The molecule has 0 saturated heterocycles. The van der Waals surface area contributed by atoms with Crippen molar-refractivity contribution in [1.29, 1.82) is 0 Å². The molecule has 1 heterocycles. The first-order valence-corrected chi connectivity index (χ1v) is 12.0. The third kappa shape index (κ3) is 4.75. The molecule has 0 unspecified atom stereocenters. The Bertz CT molecular complexity index is 1030. The van der Waals surface area contributed by atoms with Gasteiger partial charge in [-0.05, 0) is 49.9 Å².